The third kappa shape index (κ3) is 2.65. The lowest BCUT2D eigenvalue weighted by Gasteiger charge is -2.23. The lowest BCUT2D eigenvalue weighted by molar-refractivity contribution is -0.248. The largest absolute Gasteiger partial charge is 0.448 e. The number of rotatable bonds is 3. The molecule has 1 N–H and O–H groups in total. The fraction of sp³-hybridized carbons (Fsp3) is 0.188. The Morgan fingerprint density at radius 3 is 2.42 bits per heavy atom. The first kappa shape index (κ1) is 16.1. The predicted octanol–water partition coefficient (Wildman–Crippen LogP) is 2.12. The Hall–Kier alpha value is -2.74. The SMILES string of the molecule is O=C1N(Cc2cccnc2)C(c2ccccc2)=NC1(O)C(F)(F)F. The van der Waals surface area contributed by atoms with Crippen LogP contribution in [0, 0.1) is 0 Å². The van der Waals surface area contributed by atoms with Gasteiger partial charge in [-0.15, -0.1) is 0 Å². The molecule has 0 bridgehead atoms. The number of carbonyl (C=O) groups excluding carboxylic acids is 1. The van der Waals surface area contributed by atoms with Gasteiger partial charge in [-0.3, -0.25) is 14.7 Å². The minimum absolute atomic E-state index is 0.182. The molecule has 24 heavy (non-hydrogen) atoms. The monoisotopic (exact) mass is 335 g/mol. The van der Waals surface area contributed by atoms with Crippen LogP contribution in [0.2, 0.25) is 0 Å². The van der Waals surface area contributed by atoms with Crippen LogP contribution in [0.5, 0.6) is 0 Å². The third-order valence-corrected chi connectivity index (χ3v) is 3.56. The molecule has 1 aromatic carbocycles. The number of aliphatic imine (C=N–C) groups is 1. The number of hydrogen-bond donors (Lipinski definition) is 1. The maximum Gasteiger partial charge on any atom is 0.448 e. The zero-order valence-corrected chi connectivity index (χ0v) is 12.2. The van der Waals surface area contributed by atoms with Gasteiger partial charge >= 0.3 is 11.9 Å². The molecule has 0 radical (unpaired) electrons. The van der Waals surface area contributed by atoms with Crippen molar-refractivity contribution in [3.8, 4) is 0 Å². The summed E-state index contributed by atoms with van der Waals surface area (Å²) in [6, 6.07) is 11.2. The van der Waals surface area contributed by atoms with E-state index in [9.17, 15) is 23.1 Å². The zero-order valence-electron chi connectivity index (χ0n) is 12.2. The van der Waals surface area contributed by atoms with Gasteiger partial charge in [0.2, 0.25) is 0 Å². The van der Waals surface area contributed by atoms with Gasteiger partial charge in [0.05, 0.1) is 6.54 Å². The summed E-state index contributed by atoms with van der Waals surface area (Å²) in [4.78, 5) is 20.3. The number of nitrogens with zero attached hydrogens (tertiary/aromatic N) is 3. The minimum atomic E-state index is -5.21. The molecule has 0 saturated heterocycles. The van der Waals surface area contributed by atoms with Crippen molar-refractivity contribution in [1.82, 2.24) is 9.88 Å². The molecule has 1 atom stereocenters. The van der Waals surface area contributed by atoms with Gasteiger partial charge in [-0.1, -0.05) is 36.4 Å². The predicted molar refractivity (Wildman–Crippen MR) is 78.8 cm³/mol. The number of alkyl halides is 3. The molecule has 5 nitrogen and oxygen atoms in total. The van der Waals surface area contributed by atoms with Crippen molar-refractivity contribution >= 4 is 11.7 Å². The standard InChI is InChI=1S/C16H12F3N3O2/c17-16(18,19)15(24)14(23)22(10-11-5-4-8-20-9-11)13(21-15)12-6-2-1-3-7-12/h1-9,24H,10H2. The fourth-order valence-electron chi connectivity index (χ4n) is 2.36. The molecule has 3 rings (SSSR count). The molecular weight excluding hydrogens is 323 g/mol. The first-order chi connectivity index (χ1) is 11.3. The summed E-state index contributed by atoms with van der Waals surface area (Å²) in [7, 11) is 0. The maximum absolute atomic E-state index is 13.2. The molecule has 0 fully saturated rings. The first-order valence-corrected chi connectivity index (χ1v) is 6.98. The molecule has 1 aromatic heterocycles. The van der Waals surface area contributed by atoms with Gasteiger partial charge in [-0.2, -0.15) is 13.2 Å². The smallest absolute Gasteiger partial charge is 0.355 e. The number of aromatic nitrogens is 1. The number of amides is 1. The van der Waals surface area contributed by atoms with Crippen molar-refractivity contribution in [2.45, 2.75) is 18.4 Å². The van der Waals surface area contributed by atoms with Crippen LogP contribution < -0.4 is 0 Å². The van der Waals surface area contributed by atoms with Crippen molar-refractivity contribution in [2.75, 3.05) is 0 Å². The molecule has 1 amide bonds. The second-order valence-electron chi connectivity index (χ2n) is 5.22. The molecule has 1 aliphatic rings. The van der Waals surface area contributed by atoms with E-state index in [1.807, 2.05) is 0 Å². The summed E-state index contributed by atoms with van der Waals surface area (Å²) in [6.07, 6.45) is -2.28. The topological polar surface area (TPSA) is 65.8 Å². The number of halogens is 3. The lowest BCUT2D eigenvalue weighted by Crippen LogP contribution is -2.52. The van der Waals surface area contributed by atoms with E-state index in [0.29, 0.717) is 11.1 Å². The average Bonchev–Trinajstić information content (AvgIpc) is 2.83. The Kier molecular flexibility index (Phi) is 3.84. The number of amidine groups is 1. The molecule has 0 aliphatic carbocycles. The quantitative estimate of drug-likeness (QED) is 0.934. The van der Waals surface area contributed by atoms with Crippen LogP contribution in [0.3, 0.4) is 0 Å². The highest BCUT2D eigenvalue weighted by atomic mass is 19.4. The molecule has 1 aliphatic heterocycles. The lowest BCUT2D eigenvalue weighted by atomic mass is 10.1. The Bertz CT molecular complexity index is 778. The molecule has 124 valence electrons. The molecule has 2 aromatic rings. The van der Waals surface area contributed by atoms with Gasteiger partial charge in [0, 0.05) is 18.0 Å². The molecule has 2 heterocycles. The van der Waals surface area contributed by atoms with E-state index < -0.39 is 17.8 Å². The summed E-state index contributed by atoms with van der Waals surface area (Å²) in [5.74, 6) is -1.76. The van der Waals surface area contributed by atoms with Crippen LogP contribution in [0.25, 0.3) is 0 Å². The van der Waals surface area contributed by atoms with E-state index in [1.54, 1.807) is 30.3 Å². The Morgan fingerprint density at radius 2 is 1.83 bits per heavy atom. The van der Waals surface area contributed by atoms with Gasteiger partial charge in [0.15, 0.2) is 0 Å². The summed E-state index contributed by atoms with van der Waals surface area (Å²) < 4.78 is 39.5. The second-order valence-corrected chi connectivity index (χ2v) is 5.22. The van der Waals surface area contributed by atoms with E-state index in [0.717, 1.165) is 4.90 Å². The Morgan fingerprint density at radius 1 is 1.12 bits per heavy atom. The fourth-order valence-corrected chi connectivity index (χ4v) is 2.36. The van der Waals surface area contributed by atoms with Crippen LogP contribution in [0.15, 0.2) is 59.9 Å². The number of aliphatic hydroxyl groups is 1. The minimum Gasteiger partial charge on any atom is -0.355 e. The van der Waals surface area contributed by atoms with Gasteiger partial charge in [0.1, 0.15) is 5.84 Å². The number of benzene rings is 1. The normalized spacial score (nSPS) is 21.1. The van der Waals surface area contributed by atoms with Gasteiger partial charge in [0.25, 0.3) is 5.91 Å². The van der Waals surface area contributed by atoms with Crippen LogP contribution in [-0.2, 0) is 11.3 Å². The van der Waals surface area contributed by atoms with Crippen molar-refractivity contribution in [3.63, 3.8) is 0 Å². The highest BCUT2D eigenvalue weighted by Gasteiger charge is 2.65. The molecule has 8 heteroatoms. The molecule has 1 unspecified atom stereocenters. The van der Waals surface area contributed by atoms with Gasteiger partial charge in [-0.05, 0) is 11.6 Å². The summed E-state index contributed by atoms with van der Waals surface area (Å²) in [6.45, 7) is -0.182. The van der Waals surface area contributed by atoms with Crippen molar-refractivity contribution in [3.05, 3.63) is 66.0 Å². The highest BCUT2D eigenvalue weighted by Crippen LogP contribution is 2.38. The Balaban J connectivity index is 2.06. The van der Waals surface area contributed by atoms with Crippen LogP contribution in [0.4, 0.5) is 13.2 Å². The van der Waals surface area contributed by atoms with Crippen LogP contribution in [-0.4, -0.2) is 38.6 Å². The van der Waals surface area contributed by atoms with Crippen molar-refractivity contribution < 1.29 is 23.1 Å². The Labute approximate surface area is 135 Å². The van der Waals surface area contributed by atoms with E-state index in [4.69, 9.17) is 0 Å². The van der Waals surface area contributed by atoms with E-state index >= 15 is 0 Å². The number of carbonyl (C=O) groups is 1. The van der Waals surface area contributed by atoms with Crippen molar-refractivity contribution in [2.24, 2.45) is 4.99 Å². The van der Waals surface area contributed by atoms with E-state index in [2.05, 4.69) is 9.98 Å². The average molecular weight is 335 g/mol. The highest BCUT2D eigenvalue weighted by molar-refractivity contribution is 6.14. The maximum atomic E-state index is 13.2. The number of pyridine rings is 1. The summed E-state index contributed by atoms with van der Waals surface area (Å²) >= 11 is 0. The van der Waals surface area contributed by atoms with E-state index in [1.165, 1.54) is 24.5 Å². The van der Waals surface area contributed by atoms with Gasteiger partial charge < -0.3 is 5.11 Å². The number of hydrogen-bond acceptors (Lipinski definition) is 4. The second kappa shape index (κ2) is 5.72. The van der Waals surface area contributed by atoms with Crippen molar-refractivity contribution in [1.29, 1.82) is 0 Å². The van der Waals surface area contributed by atoms with Crippen LogP contribution >= 0.6 is 0 Å². The first-order valence-electron chi connectivity index (χ1n) is 6.98. The molecule has 0 saturated carbocycles. The third-order valence-electron chi connectivity index (χ3n) is 3.56. The van der Waals surface area contributed by atoms with E-state index in [-0.39, 0.29) is 12.4 Å². The van der Waals surface area contributed by atoms with Crippen LogP contribution in [0.1, 0.15) is 11.1 Å². The summed E-state index contributed by atoms with van der Waals surface area (Å²) in [5.41, 5.74) is -2.96. The molecule has 0 spiro atoms. The van der Waals surface area contributed by atoms with Gasteiger partial charge in [-0.25, -0.2) is 4.99 Å². The zero-order chi connectivity index (χ0) is 17.4. The molecular formula is C16H12F3N3O2. The summed E-state index contributed by atoms with van der Waals surface area (Å²) in [5, 5.41) is 9.86.